The first-order chi connectivity index (χ1) is 13.9. The Morgan fingerprint density at radius 1 is 0.857 bits per heavy atom. The van der Waals surface area contributed by atoms with E-state index in [-0.39, 0.29) is 0 Å². The number of para-hydroxylation sites is 1. The van der Waals surface area contributed by atoms with Crippen LogP contribution in [-0.2, 0) is 0 Å². The molecule has 0 spiro atoms. The molecule has 2 aliphatic heterocycles. The number of hydrogen-bond acceptors (Lipinski definition) is 4. The van der Waals surface area contributed by atoms with Gasteiger partial charge < -0.3 is 15.5 Å². The van der Waals surface area contributed by atoms with E-state index in [0.717, 1.165) is 48.3 Å². The van der Waals surface area contributed by atoms with Crippen LogP contribution in [0.25, 0.3) is 11.3 Å². The normalized spacial score (nSPS) is 19.6. The lowest BCUT2D eigenvalue weighted by atomic mass is 9.82. The van der Waals surface area contributed by atoms with Crippen molar-refractivity contribution < 1.29 is 4.74 Å². The number of piperidine rings is 1. The molecule has 0 bridgehead atoms. The quantitative estimate of drug-likeness (QED) is 0.712. The maximum Gasteiger partial charge on any atom is 0.131 e. The first-order valence-corrected chi connectivity index (χ1v) is 10.2. The van der Waals surface area contributed by atoms with E-state index in [2.05, 4.69) is 33.7 Å². The molecule has 5 heteroatoms. The highest BCUT2D eigenvalue weighted by Crippen LogP contribution is 2.36. The van der Waals surface area contributed by atoms with Crippen molar-refractivity contribution in [3.8, 4) is 22.8 Å². The van der Waals surface area contributed by atoms with Crippen molar-refractivity contribution in [3.05, 3.63) is 66.6 Å². The van der Waals surface area contributed by atoms with Crippen LogP contribution in [0.15, 0.2) is 60.8 Å². The summed E-state index contributed by atoms with van der Waals surface area (Å²) in [6, 6.07) is 18.1. The molecular formula is C23H26N4O. The third kappa shape index (κ3) is 3.50. The minimum atomic E-state index is 0.554. The number of imidazole rings is 1. The molecule has 144 valence electrons. The summed E-state index contributed by atoms with van der Waals surface area (Å²) < 4.78 is 8.06. The van der Waals surface area contributed by atoms with E-state index in [4.69, 9.17) is 9.72 Å². The van der Waals surface area contributed by atoms with Crippen LogP contribution in [0, 0.1) is 5.92 Å². The van der Waals surface area contributed by atoms with Crippen LogP contribution < -0.4 is 15.5 Å². The Kier molecular flexibility index (Phi) is 4.75. The van der Waals surface area contributed by atoms with Gasteiger partial charge in [0.2, 0.25) is 0 Å². The standard InChI is InChI=1S/C23H26N4O/c1-2-4-19(5-3-1)28-20-8-6-18(7-9-20)22-16-27-23(26-22)21(12-15-25-27)17-10-13-24-14-11-17/h1-9,16-17,21,24-25H,10-15H2. The lowest BCUT2D eigenvalue weighted by Crippen LogP contribution is -2.36. The number of ether oxygens (including phenoxy) is 1. The predicted octanol–water partition coefficient (Wildman–Crippen LogP) is 4.37. The van der Waals surface area contributed by atoms with Gasteiger partial charge in [0.25, 0.3) is 0 Å². The highest BCUT2D eigenvalue weighted by Gasteiger charge is 2.31. The molecular weight excluding hydrogens is 348 g/mol. The van der Waals surface area contributed by atoms with Gasteiger partial charge in [-0.3, -0.25) is 4.68 Å². The van der Waals surface area contributed by atoms with Gasteiger partial charge in [-0.15, -0.1) is 0 Å². The number of hydrogen-bond donors (Lipinski definition) is 2. The fraction of sp³-hybridized carbons (Fsp3) is 0.348. The number of nitrogens with one attached hydrogen (secondary N) is 2. The van der Waals surface area contributed by atoms with E-state index < -0.39 is 0 Å². The zero-order valence-corrected chi connectivity index (χ0v) is 16.0. The minimum absolute atomic E-state index is 0.554. The van der Waals surface area contributed by atoms with Crippen molar-refractivity contribution in [1.82, 2.24) is 15.0 Å². The van der Waals surface area contributed by atoms with Crippen LogP contribution in [0.4, 0.5) is 0 Å². The summed E-state index contributed by atoms with van der Waals surface area (Å²) >= 11 is 0. The van der Waals surface area contributed by atoms with Gasteiger partial charge in [0.1, 0.15) is 17.3 Å². The van der Waals surface area contributed by atoms with Crippen LogP contribution in [0.1, 0.15) is 31.0 Å². The van der Waals surface area contributed by atoms with Gasteiger partial charge >= 0.3 is 0 Å². The molecule has 0 saturated carbocycles. The van der Waals surface area contributed by atoms with Gasteiger partial charge in [-0.25, -0.2) is 4.98 Å². The van der Waals surface area contributed by atoms with Crippen molar-refractivity contribution >= 4 is 0 Å². The molecule has 1 unspecified atom stereocenters. The highest BCUT2D eigenvalue weighted by molar-refractivity contribution is 5.60. The lowest BCUT2D eigenvalue weighted by molar-refractivity contribution is 0.288. The third-order valence-corrected chi connectivity index (χ3v) is 5.88. The second-order valence-electron chi connectivity index (χ2n) is 7.68. The molecule has 3 aromatic rings. The minimum Gasteiger partial charge on any atom is -0.457 e. The van der Waals surface area contributed by atoms with Crippen LogP contribution in [0.2, 0.25) is 0 Å². The number of nitrogens with zero attached hydrogens (tertiary/aromatic N) is 2. The Morgan fingerprint density at radius 3 is 2.39 bits per heavy atom. The second-order valence-corrected chi connectivity index (χ2v) is 7.68. The van der Waals surface area contributed by atoms with Crippen molar-refractivity contribution in [3.63, 3.8) is 0 Å². The van der Waals surface area contributed by atoms with Crippen LogP contribution in [-0.4, -0.2) is 29.3 Å². The number of rotatable bonds is 4. The zero-order valence-electron chi connectivity index (χ0n) is 16.0. The molecule has 5 nitrogen and oxygen atoms in total. The van der Waals surface area contributed by atoms with Gasteiger partial charge in [-0.05, 0) is 74.7 Å². The van der Waals surface area contributed by atoms with Crippen LogP contribution >= 0.6 is 0 Å². The van der Waals surface area contributed by atoms with Crippen molar-refractivity contribution in [2.75, 3.05) is 25.1 Å². The van der Waals surface area contributed by atoms with E-state index in [9.17, 15) is 0 Å². The Balaban J connectivity index is 1.36. The molecule has 0 aliphatic carbocycles. The highest BCUT2D eigenvalue weighted by atomic mass is 16.5. The monoisotopic (exact) mass is 374 g/mol. The Hall–Kier alpha value is -2.79. The number of fused-ring (bicyclic) bond motifs is 1. The third-order valence-electron chi connectivity index (χ3n) is 5.88. The van der Waals surface area contributed by atoms with Crippen molar-refractivity contribution in [2.24, 2.45) is 5.92 Å². The maximum absolute atomic E-state index is 5.90. The molecule has 2 N–H and O–H groups in total. The number of aromatic nitrogens is 2. The molecule has 2 aliphatic rings. The summed E-state index contributed by atoms with van der Waals surface area (Å²) in [4.78, 5) is 5.03. The summed E-state index contributed by atoms with van der Waals surface area (Å²) in [5.74, 6) is 4.17. The SMILES string of the molecule is c1ccc(Oc2ccc(-c3cn4c(n3)C(C3CCNCC3)CCN4)cc2)cc1. The summed E-state index contributed by atoms with van der Waals surface area (Å²) in [7, 11) is 0. The first-order valence-electron chi connectivity index (χ1n) is 10.2. The largest absolute Gasteiger partial charge is 0.457 e. The maximum atomic E-state index is 5.90. The molecule has 1 atom stereocenters. The van der Waals surface area contributed by atoms with E-state index in [1.807, 2.05) is 42.5 Å². The van der Waals surface area contributed by atoms with Gasteiger partial charge in [0, 0.05) is 18.0 Å². The van der Waals surface area contributed by atoms with E-state index in [1.54, 1.807) is 0 Å². The average Bonchev–Trinajstić information content (AvgIpc) is 3.20. The Morgan fingerprint density at radius 2 is 1.61 bits per heavy atom. The van der Waals surface area contributed by atoms with Crippen LogP contribution in [0.3, 0.4) is 0 Å². The zero-order chi connectivity index (χ0) is 18.8. The predicted molar refractivity (Wildman–Crippen MR) is 111 cm³/mol. The van der Waals surface area contributed by atoms with Gasteiger partial charge in [0.05, 0.1) is 11.9 Å². The lowest BCUT2D eigenvalue weighted by Gasteiger charge is -2.33. The van der Waals surface area contributed by atoms with E-state index in [1.165, 1.54) is 25.1 Å². The fourth-order valence-electron chi connectivity index (χ4n) is 4.40. The first kappa shape index (κ1) is 17.3. The van der Waals surface area contributed by atoms with Gasteiger partial charge in [-0.2, -0.15) is 0 Å². The molecule has 1 saturated heterocycles. The fourth-order valence-corrected chi connectivity index (χ4v) is 4.40. The Labute approximate surface area is 165 Å². The molecule has 2 aromatic carbocycles. The van der Waals surface area contributed by atoms with E-state index >= 15 is 0 Å². The molecule has 1 aromatic heterocycles. The summed E-state index contributed by atoms with van der Waals surface area (Å²) in [6.45, 7) is 3.28. The summed E-state index contributed by atoms with van der Waals surface area (Å²) in [6.07, 6.45) is 5.80. The topological polar surface area (TPSA) is 51.1 Å². The second kappa shape index (κ2) is 7.68. The molecule has 3 heterocycles. The summed E-state index contributed by atoms with van der Waals surface area (Å²) in [5.41, 5.74) is 5.62. The van der Waals surface area contributed by atoms with Crippen molar-refractivity contribution in [1.29, 1.82) is 0 Å². The van der Waals surface area contributed by atoms with Crippen LogP contribution in [0.5, 0.6) is 11.5 Å². The van der Waals surface area contributed by atoms with Gasteiger partial charge in [-0.1, -0.05) is 18.2 Å². The molecule has 28 heavy (non-hydrogen) atoms. The molecule has 1 fully saturated rings. The molecule has 5 rings (SSSR count). The molecule has 0 amide bonds. The Bertz CT molecular complexity index is 914. The molecule has 0 radical (unpaired) electrons. The smallest absolute Gasteiger partial charge is 0.131 e. The average molecular weight is 374 g/mol. The summed E-state index contributed by atoms with van der Waals surface area (Å²) in [5, 5.41) is 3.48. The van der Waals surface area contributed by atoms with E-state index in [0.29, 0.717) is 5.92 Å². The van der Waals surface area contributed by atoms with Crippen molar-refractivity contribution in [2.45, 2.75) is 25.2 Å². The number of benzene rings is 2. The van der Waals surface area contributed by atoms with Gasteiger partial charge in [0.15, 0.2) is 0 Å².